The second-order valence-electron chi connectivity index (χ2n) is 6.46. The molecule has 7 heteroatoms. The highest BCUT2D eigenvalue weighted by Crippen LogP contribution is 2.32. The second-order valence-corrected chi connectivity index (χ2v) is 6.46. The normalized spacial score (nSPS) is 16.7. The molecule has 0 bridgehead atoms. The zero-order chi connectivity index (χ0) is 18.3. The van der Waals surface area contributed by atoms with Gasteiger partial charge in [0.2, 0.25) is 0 Å². The minimum Gasteiger partial charge on any atom is -0.493 e. The van der Waals surface area contributed by atoms with Crippen LogP contribution in [0.4, 0.5) is 4.39 Å². The Kier molecular flexibility index (Phi) is 4.06. The lowest BCUT2D eigenvalue weighted by Crippen LogP contribution is -2.28. The van der Waals surface area contributed by atoms with Crippen LogP contribution in [0.1, 0.15) is 46.2 Å². The van der Waals surface area contributed by atoms with Gasteiger partial charge in [0.15, 0.2) is 0 Å². The van der Waals surface area contributed by atoms with Crippen molar-refractivity contribution < 1.29 is 18.4 Å². The van der Waals surface area contributed by atoms with E-state index in [4.69, 9.17) is 9.26 Å². The first-order chi connectivity index (χ1) is 12.5. The van der Waals surface area contributed by atoms with E-state index >= 15 is 0 Å². The van der Waals surface area contributed by atoms with Crippen LogP contribution in [-0.2, 0) is 0 Å². The Hall–Kier alpha value is -2.96. The van der Waals surface area contributed by atoms with Gasteiger partial charge in [0, 0.05) is 11.3 Å². The number of pyridine rings is 1. The molecule has 0 fully saturated rings. The molecule has 26 heavy (non-hydrogen) atoms. The molecule has 6 nitrogen and oxygen atoms in total. The van der Waals surface area contributed by atoms with Crippen LogP contribution in [-0.4, -0.2) is 22.7 Å². The lowest BCUT2D eigenvalue weighted by atomic mass is 10.0. The van der Waals surface area contributed by atoms with Crippen molar-refractivity contribution in [1.29, 1.82) is 0 Å². The fourth-order valence-corrected chi connectivity index (χ4v) is 3.33. The van der Waals surface area contributed by atoms with E-state index in [0.717, 1.165) is 6.42 Å². The Morgan fingerprint density at radius 3 is 3.00 bits per heavy atom. The summed E-state index contributed by atoms with van der Waals surface area (Å²) in [4.78, 5) is 17.3. The van der Waals surface area contributed by atoms with E-state index in [1.807, 2.05) is 0 Å². The Morgan fingerprint density at radius 1 is 1.31 bits per heavy atom. The Balaban J connectivity index is 1.71. The van der Waals surface area contributed by atoms with Crippen LogP contribution in [0, 0.1) is 19.7 Å². The third kappa shape index (κ3) is 2.89. The zero-order valence-corrected chi connectivity index (χ0v) is 14.5. The summed E-state index contributed by atoms with van der Waals surface area (Å²) in [6.07, 6.45) is 1.43. The lowest BCUT2D eigenvalue weighted by Gasteiger charge is -2.19. The molecule has 0 spiro atoms. The molecule has 0 aliphatic carbocycles. The average Bonchev–Trinajstić information content (AvgIpc) is 2.86. The summed E-state index contributed by atoms with van der Waals surface area (Å²) in [5.74, 6) is -0.0224. The van der Waals surface area contributed by atoms with Crippen LogP contribution >= 0.6 is 0 Å². The Bertz CT molecular complexity index is 999. The summed E-state index contributed by atoms with van der Waals surface area (Å²) < 4.78 is 24.6. The van der Waals surface area contributed by atoms with Gasteiger partial charge in [-0.3, -0.25) is 4.79 Å². The highest BCUT2D eigenvalue weighted by atomic mass is 19.1. The topological polar surface area (TPSA) is 77.2 Å². The van der Waals surface area contributed by atoms with Crippen molar-refractivity contribution in [3.63, 3.8) is 0 Å². The number of carbonyl (C=O) groups excluding carboxylic acids is 1. The van der Waals surface area contributed by atoms with Crippen molar-refractivity contribution in [3.8, 4) is 5.75 Å². The molecule has 1 amide bonds. The van der Waals surface area contributed by atoms with E-state index in [1.165, 1.54) is 12.1 Å². The number of aryl methyl sites for hydroxylation is 2. The number of rotatable bonds is 2. The number of amides is 1. The third-order valence-corrected chi connectivity index (χ3v) is 4.54. The Labute approximate surface area is 149 Å². The molecule has 0 radical (unpaired) electrons. The van der Waals surface area contributed by atoms with Crippen LogP contribution in [0.15, 0.2) is 28.8 Å². The molecule has 0 saturated heterocycles. The van der Waals surface area contributed by atoms with E-state index in [9.17, 15) is 9.18 Å². The Morgan fingerprint density at radius 2 is 2.15 bits per heavy atom. The third-order valence-electron chi connectivity index (χ3n) is 4.54. The van der Waals surface area contributed by atoms with Gasteiger partial charge < -0.3 is 14.6 Å². The van der Waals surface area contributed by atoms with Gasteiger partial charge in [0.25, 0.3) is 11.6 Å². The van der Waals surface area contributed by atoms with Gasteiger partial charge in [-0.15, -0.1) is 0 Å². The molecule has 1 N–H and O–H groups in total. The molecule has 2 aromatic heterocycles. The molecule has 3 heterocycles. The number of nitrogens with zero attached hydrogens (tertiary/aromatic N) is 2. The maximum absolute atomic E-state index is 13.7. The number of ether oxygens (including phenoxy) is 1. The minimum atomic E-state index is -0.356. The summed E-state index contributed by atoms with van der Waals surface area (Å²) in [5, 5.41) is 7.51. The first kappa shape index (κ1) is 16.5. The SMILES string of the molecule is Cc1cc(C(=O)NC2CCCOc3ccc(F)cc32)c2c(C)noc2n1. The molecule has 0 saturated carbocycles. The number of hydrogen-bond donors (Lipinski definition) is 1. The number of hydrogen-bond acceptors (Lipinski definition) is 5. The highest BCUT2D eigenvalue weighted by molar-refractivity contribution is 6.06. The van der Waals surface area contributed by atoms with Crippen molar-refractivity contribution in [2.24, 2.45) is 0 Å². The van der Waals surface area contributed by atoms with Gasteiger partial charge in [-0.05, 0) is 51.0 Å². The molecule has 1 aliphatic rings. The molecule has 3 aromatic rings. The molecule has 134 valence electrons. The van der Waals surface area contributed by atoms with Crippen molar-refractivity contribution in [2.45, 2.75) is 32.7 Å². The largest absolute Gasteiger partial charge is 0.493 e. The summed E-state index contributed by atoms with van der Waals surface area (Å²) in [5.41, 5.74) is 2.71. The van der Waals surface area contributed by atoms with Crippen LogP contribution < -0.4 is 10.1 Å². The standard InChI is InChI=1S/C19H18FN3O3/c1-10-8-14(17-11(2)23-26-19(17)21-10)18(24)22-15-4-3-7-25-16-6-5-12(20)9-13(15)16/h5-6,8-9,15H,3-4,7H2,1-2H3,(H,22,24). The van der Waals surface area contributed by atoms with Gasteiger partial charge in [-0.2, -0.15) is 0 Å². The van der Waals surface area contributed by atoms with Crippen LogP contribution in [0.2, 0.25) is 0 Å². The summed E-state index contributed by atoms with van der Waals surface area (Å²) in [6.45, 7) is 4.09. The van der Waals surface area contributed by atoms with Gasteiger partial charge in [0.1, 0.15) is 11.6 Å². The average molecular weight is 355 g/mol. The second kappa shape index (κ2) is 6.40. The van der Waals surface area contributed by atoms with Crippen LogP contribution in [0.3, 0.4) is 0 Å². The van der Waals surface area contributed by atoms with Crippen molar-refractivity contribution in [2.75, 3.05) is 6.61 Å². The molecule has 1 aromatic carbocycles. The molecular weight excluding hydrogens is 337 g/mol. The zero-order valence-electron chi connectivity index (χ0n) is 14.5. The van der Waals surface area contributed by atoms with E-state index in [2.05, 4.69) is 15.5 Å². The van der Waals surface area contributed by atoms with E-state index < -0.39 is 0 Å². The first-order valence-corrected chi connectivity index (χ1v) is 8.49. The monoisotopic (exact) mass is 355 g/mol. The van der Waals surface area contributed by atoms with Crippen LogP contribution in [0.5, 0.6) is 5.75 Å². The fraction of sp³-hybridized carbons (Fsp3) is 0.316. The number of aromatic nitrogens is 2. The quantitative estimate of drug-likeness (QED) is 0.760. The van der Waals surface area contributed by atoms with E-state index in [1.54, 1.807) is 26.0 Å². The molecule has 4 rings (SSSR count). The lowest BCUT2D eigenvalue weighted by molar-refractivity contribution is 0.0936. The van der Waals surface area contributed by atoms with E-state index in [-0.39, 0.29) is 17.8 Å². The number of halogens is 1. The van der Waals surface area contributed by atoms with Gasteiger partial charge >= 0.3 is 0 Å². The minimum absolute atomic E-state index is 0.270. The number of nitrogens with one attached hydrogen (secondary N) is 1. The predicted molar refractivity (Wildman–Crippen MR) is 92.6 cm³/mol. The van der Waals surface area contributed by atoms with Gasteiger partial charge in [-0.1, -0.05) is 5.16 Å². The van der Waals surface area contributed by atoms with Gasteiger partial charge in [0.05, 0.1) is 29.3 Å². The fourth-order valence-electron chi connectivity index (χ4n) is 3.33. The first-order valence-electron chi connectivity index (χ1n) is 8.49. The molecule has 1 unspecified atom stereocenters. The van der Waals surface area contributed by atoms with Crippen LogP contribution in [0.25, 0.3) is 11.1 Å². The number of carbonyl (C=O) groups is 1. The van der Waals surface area contributed by atoms with Crippen molar-refractivity contribution in [3.05, 3.63) is 52.6 Å². The maximum atomic E-state index is 13.7. The smallest absolute Gasteiger partial charge is 0.258 e. The molecule has 1 atom stereocenters. The maximum Gasteiger partial charge on any atom is 0.258 e. The summed E-state index contributed by atoms with van der Waals surface area (Å²) in [6, 6.07) is 5.76. The molecule has 1 aliphatic heterocycles. The van der Waals surface area contributed by atoms with Crippen molar-refractivity contribution in [1.82, 2.24) is 15.5 Å². The van der Waals surface area contributed by atoms with Gasteiger partial charge in [-0.25, -0.2) is 9.37 Å². The number of benzene rings is 1. The summed E-state index contributed by atoms with van der Waals surface area (Å²) in [7, 11) is 0. The number of fused-ring (bicyclic) bond motifs is 2. The summed E-state index contributed by atoms with van der Waals surface area (Å²) >= 11 is 0. The van der Waals surface area contributed by atoms with E-state index in [0.29, 0.717) is 52.4 Å². The van der Waals surface area contributed by atoms with Crippen molar-refractivity contribution >= 4 is 17.0 Å². The predicted octanol–water partition coefficient (Wildman–Crippen LogP) is 3.62. The molecular formula is C19H18FN3O3. The highest BCUT2D eigenvalue weighted by Gasteiger charge is 2.25.